The summed E-state index contributed by atoms with van der Waals surface area (Å²) in [6.45, 7) is 2.26. The number of halogens is 3. The molecule has 0 aliphatic carbocycles. The van der Waals surface area contributed by atoms with Crippen LogP contribution in [-0.2, 0) is 0 Å². The average molecular weight is 447 g/mol. The van der Waals surface area contributed by atoms with Crippen LogP contribution in [0.3, 0.4) is 0 Å². The van der Waals surface area contributed by atoms with Gasteiger partial charge in [-0.3, -0.25) is 0 Å². The van der Waals surface area contributed by atoms with Gasteiger partial charge >= 0.3 is 0 Å². The van der Waals surface area contributed by atoms with Crippen LogP contribution in [0.2, 0.25) is 6.04 Å². The zero-order chi connectivity index (χ0) is 8.04. The fourth-order valence-corrected chi connectivity index (χ4v) is 4.53. The van der Waals surface area contributed by atoms with Crippen molar-refractivity contribution in [2.75, 3.05) is 0 Å². The van der Waals surface area contributed by atoms with Crippen LogP contribution in [0.25, 0.3) is 0 Å². The smallest absolute Gasteiger partial charge is 0.0985 e. The molecule has 62 valence electrons. The molecule has 0 rings (SSSR count). The molecule has 0 aromatic heterocycles. The Labute approximate surface area is 97.9 Å². The fourth-order valence-electron chi connectivity index (χ4n) is 0.752. The standard InChI is InChI=1S/C6H13BrI2Si/c1-2-3-4-5-6-10(7,8)9/h2-6H2,1H3. The van der Waals surface area contributed by atoms with Gasteiger partial charge < -0.3 is 0 Å². The molecule has 0 heterocycles. The summed E-state index contributed by atoms with van der Waals surface area (Å²) in [6.07, 6.45) is 5.59. The van der Waals surface area contributed by atoms with E-state index in [2.05, 4.69) is 65.8 Å². The third kappa shape index (κ3) is 10.2. The Kier molecular flexibility index (Phi) is 8.08. The predicted octanol–water partition coefficient (Wildman–Crippen LogP) is 4.77. The molecule has 0 aromatic carbocycles. The first kappa shape index (κ1) is 12.2. The van der Waals surface area contributed by atoms with Crippen LogP contribution in [0, 0.1) is 0 Å². The Hall–Kier alpha value is 2.16. The lowest BCUT2D eigenvalue weighted by molar-refractivity contribution is 0.701. The number of hydrogen-bond donors (Lipinski definition) is 0. The molecule has 0 aromatic rings. The summed E-state index contributed by atoms with van der Waals surface area (Å²) in [4.78, 5) is 0. The Bertz CT molecular complexity index is 82.3. The minimum Gasteiger partial charge on any atom is -0.0985 e. The topological polar surface area (TPSA) is 0 Å². The molecule has 0 saturated heterocycles. The summed E-state index contributed by atoms with van der Waals surface area (Å²) in [5, 5.41) is 0. The highest BCUT2D eigenvalue weighted by Crippen LogP contribution is 2.34. The van der Waals surface area contributed by atoms with Crippen molar-refractivity contribution in [2.45, 2.75) is 38.7 Å². The van der Waals surface area contributed by atoms with Crippen LogP contribution in [0.5, 0.6) is 0 Å². The second-order valence-corrected chi connectivity index (χ2v) is 34.4. The van der Waals surface area contributed by atoms with Crippen LogP contribution in [0.15, 0.2) is 0 Å². The second-order valence-electron chi connectivity index (χ2n) is 2.43. The molecular weight excluding hydrogens is 434 g/mol. The van der Waals surface area contributed by atoms with E-state index in [0.717, 1.165) is 0 Å². The lowest BCUT2D eigenvalue weighted by Gasteiger charge is -2.07. The number of rotatable bonds is 5. The van der Waals surface area contributed by atoms with Crippen molar-refractivity contribution in [3.63, 3.8) is 0 Å². The van der Waals surface area contributed by atoms with Gasteiger partial charge in [-0.15, -0.1) is 0 Å². The maximum absolute atomic E-state index is 3.74. The van der Waals surface area contributed by atoms with Crippen LogP contribution in [0.1, 0.15) is 32.6 Å². The first-order valence-electron chi connectivity index (χ1n) is 3.63. The zero-order valence-corrected chi connectivity index (χ0v) is 13.1. The summed E-state index contributed by atoms with van der Waals surface area (Å²) >= 11 is 8.88. The highest BCUT2D eigenvalue weighted by molar-refractivity contribution is 14.3. The zero-order valence-electron chi connectivity index (χ0n) is 6.17. The fraction of sp³-hybridized carbons (Fsp3) is 1.00. The predicted molar refractivity (Wildman–Crippen MR) is 71.7 cm³/mol. The molecule has 10 heavy (non-hydrogen) atoms. The molecule has 0 saturated carbocycles. The molecule has 0 nitrogen and oxygen atoms in total. The minimum atomic E-state index is -0.955. The third-order valence-electron chi connectivity index (χ3n) is 1.31. The van der Waals surface area contributed by atoms with E-state index in [-0.39, 0.29) is 0 Å². The van der Waals surface area contributed by atoms with Gasteiger partial charge in [-0.1, -0.05) is 91.5 Å². The first-order chi connectivity index (χ1) is 4.56. The molecule has 0 atom stereocenters. The molecule has 0 fully saturated rings. The molecule has 0 N–H and O–H groups in total. The summed E-state index contributed by atoms with van der Waals surface area (Å²) in [7, 11) is 0. The van der Waals surface area contributed by atoms with Gasteiger partial charge in [0.25, 0.3) is 1.69 Å². The van der Waals surface area contributed by atoms with Crippen molar-refractivity contribution >= 4 is 60.6 Å². The van der Waals surface area contributed by atoms with E-state index in [1.54, 1.807) is 0 Å². The van der Waals surface area contributed by atoms with Crippen molar-refractivity contribution < 1.29 is 0 Å². The Morgan fingerprint density at radius 2 is 1.80 bits per heavy atom. The maximum atomic E-state index is 3.74. The Morgan fingerprint density at radius 3 is 2.20 bits per heavy atom. The quantitative estimate of drug-likeness (QED) is 0.247. The maximum Gasteiger partial charge on any atom is 0.258 e. The summed E-state index contributed by atoms with van der Waals surface area (Å²) < 4.78 is -0.955. The number of unbranched alkanes of at least 4 members (excludes halogenated alkanes) is 3. The van der Waals surface area contributed by atoms with Crippen LogP contribution >= 0.6 is 58.9 Å². The highest BCUT2D eigenvalue weighted by atomic mass is 127. The SMILES string of the molecule is CCCCCC[Si](Br)(I)I. The normalized spacial score (nSPS) is 12.0. The van der Waals surface area contributed by atoms with E-state index >= 15 is 0 Å². The van der Waals surface area contributed by atoms with Crippen LogP contribution in [0.4, 0.5) is 0 Å². The highest BCUT2D eigenvalue weighted by Gasteiger charge is 2.19. The molecule has 0 amide bonds. The van der Waals surface area contributed by atoms with E-state index in [0.29, 0.717) is 0 Å². The summed E-state index contributed by atoms with van der Waals surface area (Å²) in [6, 6.07) is 1.41. The van der Waals surface area contributed by atoms with Crippen molar-refractivity contribution in [1.82, 2.24) is 0 Å². The molecule has 0 bridgehead atoms. The van der Waals surface area contributed by atoms with Gasteiger partial charge in [0, 0.05) is 0 Å². The molecule has 0 spiro atoms. The lowest BCUT2D eigenvalue weighted by atomic mass is 10.2. The second kappa shape index (κ2) is 6.65. The van der Waals surface area contributed by atoms with Gasteiger partial charge in [-0.2, -0.15) is 0 Å². The van der Waals surface area contributed by atoms with Crippen LogP contribution < -0.4 is 0 Å². The van der Waals surface area contributed by atoms with E-state index in [9.17, 15) is 0 Å². The van der Waals surface area contributed by atoms with Gasteiger partial charge in [0.1, 0.15) is 0 Å². The third-order valence-corrected chi connectivity index (χ3v) is 6.66. The molecule has 0 unspecified atom stereocenters. The molecule has 0 aliphatic rings. The van der Waals surface area contributed by atoms with Gasteiger partial charge in [0.15, 0.2) is 0 Å². The van der Waals surface area contributed by atoms with E-state index in [1.807, 2.05) is 0 Å². The van der Waals surface area contributed by atoms with Crippen molar-refractivity contribution in [2.24, 2.45) is 0 Å². The van der Waals surface area contributed by atoms with Gasteiger partial charge in [0.05, 0.1) is 0 Å². The van der Waals surface area contributed by atoms with Gasteiger partial charge in [-0.05, 0) is 6.04 Å². The summed E-state index contributed by atoms with van der Waals surface area (Å²) in [5.74, 6) is 0. The van der Waals surface area contributed by atoms with Crippen molar-refractivity contribution in [1.29, 1.82) is 0 Å². The molecule has 0 aliphatic heterocycles. The summed E-state index contributed by atoms with van der Waals surface area (Å²) in [5.41, 5.74) is 0. The lowest BCUT2D eigenvalue weighted by Crippen LogP contribution is -2.04. The van der Waals surface area contributed by atoms with Gasteiger partial charge in [0.2, 0.25) is 0 Å². The van der Waals surface area contributed by atoms with Crippen molar-refractivity contribution in [3.05, 3.63) is 0 Å². The van der Waals surface area contributed by atoms with Crippen LogP contribution in [-0.4, -0.2) is 1.69 Å². The monoisotopic (exact) mass is 446 g/mol. The Balaban J connectivity index is 3.04. The molecule has 0 radical (unpaired) electrons. The molecular formula is C6H13BrI2Si. The van der Waals surface area contributed by atoms with E-state index in [1.165, 1.54) is 31.7 Å². The van der Waals surface area contributed by atoms with Crippen molar-refractivity contribution in [3.8, 4) is 0 Å². The van der Waals surface area contributed by atoms with Gasteiger partial charge in [-0.25, -0.2) is 0 Å². The largest absolute Gasteiger partial charge is 0.258 e. The Morgan fingerprint density at radius 1 is 1.20 bits per heavy atom. The number of hydrogen-bond acceptors (Lipinski definition) is 0. The van der Waals surface area contributed by atoms with E-state index in [4.69, 9.17) is 0 Å². The first-order valence-corrected chi connectivity index (χ1v) is 14.3. The average Bonchev–Trinajstić information content (AvgIpc) is 1.78. The molecule has 4 heteroatoms. The minimum absolute atomic E-state index is 0.955. The van der Waals surface area contributed by atoms with E-state index < -0.39 is 1.69 Å².